The van der Waals surface area contributed by atoms with Gasteiger partial charge in [-0.3, -0.25) is 0 Å². The molecule has 0 heterocycles. The molecule has 0 saturated heterocycles. The summed E-state index contributed by atoms with van der Waals surface area (Å²) in [7, 11) is 1.25. The van der Waals surface area contributed by atoms with E-state index in [9.17, 15) is 0 Å². The fourth-order valence-electron chi connectivity index (χ4n) is 0. The van der Waals surface area contributed by atoms with Gasteiger partial charge in [-0.15, -0.1) is 0 Å². The molecule has 1 nitrogen and oxygen atoms in total. The zero-order valence-electron chi connectivity index (χ0n) is 4.49. The van der Waals surface area contributed by atoms with Gasteiger partial charge >= 0.3 is 21.1 Å². The van der Waals surface area contributed by atoms with Crippen LogP contribution in [0.3, 0.4) is 0 Å². The van der Waals surface area contributed by atoms with Crippen LogP contribution < -0.4 is 0 Å². The van der Waals surface area contributed by atoms with Gasteiger partial charge in [-0.2, -0.15) is 20.9 Å². The van der Waals surface area contributed by atoms with Crippen molar-refractivity contribution in [2.75, 3.05) is 7.05 Å². The molecule has 0 aliphatic carbocycles. The maximum Gasteiger partial charge on any atom is 2.00 e. The van der Waals surface area contributed by atoms with Crippen molar-refractivity contribution < 1.29 is 21.1 Å². The van der Waals surface area contributed by atoms with Crippen molar-refractivity contribution in [3.05, 3.63) is 12.2 Å². The molecular weight excluding hydrogens is 246 g/mol. The van der Waals surface area contributed by atoms with Crippen LogP contribution in [0.15, 0.2) is 0 Å². The summed E-state index contributed by atoms with van der Waals surface area (Å²) < 4.78 is 0. The van der Waals surface area contributed by atoms with Crippen molar-refractivity contribution in [2.45, 2.75) is 13.8 Å². The Balaban J connectivity index is -0.0000000275. The largest absolute Gasteiger partial charge is 2.00 e. The predicted octanol–water partition coefficient (Wildman–Crippen LogP) is 1.90. The van der Waals surface area contributed by atoms with E-state index in [1.54, 1.807) is 0 Å². The first-order chi connectivity index (χ1) is 2.41. The molecule has 0 amide bonds. The van der Waals surface area contributed by atoms with Crippen LogP contribution in [0.25, 0.3) is 5.73 Å². The summed E-state index contributed by atoms with van der Waals surface area (Å²) in [6, 6.07) is 0. The summed E-state index contributed by atoms with van der Waals surface area (Å²) in [5.41, 5.74) is 5.75. The van der Waals surface area contributed by atoms with E-state index >= 15 is 0 Å². The SMILES string of the molecule is C[CH-]C.C[NH-].[W+2]. The fourth-order valence-corrected chi connectivity index (χ4v) is 0. The van der Waals surface area contributed by atoms with Crippen molar-refractivity contribution in [1.29, 1.82) is 0 Å². The van der Waals surface area contributed by atoms with E-state index < -0.39 is 0 Å². The average molecular weight is 257 g/mol. The Morgan fingerprint density at radius 1 is 1.17 bits per heavy atom. The molecule has 0 bridgehead atoms. The normalized spacial score (nSPS) is 4.00. The summed E-state index contributed by atoms with van der Waals surface area (Å²) >= 11 is 0. The molecule has 0 unspecified atom stereocenters. The summed E-state index contributed by atoms with van der Waals surface area (Å²) in [6.07, 6.45) is 2.00. The quantitative estimate of drug-likeness (QED) is 0.592. The van der Waals surface area contributed by atoms with Crippen molar-refractivity contribution in [3.63, 3.8) is 0 Å². The minimum absolute atomic E-state index is 0. The second kappa shape index (κ2) is 44.9. The first-order valence-corrected chi connectivity index (χ1v) is 1.65. The van der Waals surface area contributed by atoms with E-state index in [1.807, 2.05) is 20.3 Å². The molecule has 0 spiro atoms. The van der Waals surface area contributed by atoms with E-state index in [2.05, 4.69) is 0 Å². The molecule has 1 N–H and O–H groups in total. The fraction of sp³-hybridized carbons (Fsp3) is 0.750. The summed E-state index contributed by atoms with van der Waals surface area (Å²) in [5, 5.41) is 0. The van der Waals surface area contributed by atoms with Gasteiger partial charge in [-0.05, 0) is 0 Å². The number of nitrogens with one attached hydrogen (secondary N) is 1. The minimum atomic E-state index is 0. The van der Waals surface area contributed by atoms with Gasteiger partial charge in [0.1, 0.15) is 0 Å². The molecule has 6 heavy (non-hydrogen) atoms. The number of rotatable bonds is 0. The molecule has 0 aliphatic rings. The Labute approximate surface area is 54.6 Å². The van der Waals surface area contributed by atoms with Crippen molar-refractivity contribution in [1.82, 2.24) is 0 Å². The smallest absolute Gasteiger partial charge is 0.680 e. The second-order valence-electron chi connectivity index (χ2n) is 0.577. The van der Waals surface area contributed by atoms with Gasteiger partial charge in [0.15, 0.2) is 0 Å². The first-order valence-electron chi connectivity index (χ1n) is 1.65. The molecular formula is C4H11NW. The van der Waals surface area contributed by atoms with Crippen molar-refractivity contribution in [2.24, 2.45) is 0 Å². The number of hydrogen-bond acceptors (Lipinski definition) is 0. The molecule has 0 saturated carbocycles. The summed E-state index contributed by atoms with van der Waals surface area (Å²) in [6.45, 7) is 4.00. The maximum absolute atomic E-state index is 5.75. The average Bonchev–Trinajstić information content (AvgIpc) is 1.46. The van der Waals surface area contributed by atoms with E-state index in [0.717, 1.165) is 0 Å². The van der Waals surface area contributed by atoms with E-state index in [4.69, 9.17) is 5.73 Å². The van der Waals surface area contributed by atoms with Crippen molar-refractivity contribution >= 4 is 0 Å². The molecule has 0 aromatic heterocycles. The van der Waals surface area contributed by atoms with Gasteiger partial charge in [-0.25, -0.2) is 0 Å². The Kier molecular flexibility index (Phi) is 119. The third-order valence-electron chi connectivity index (χ3n) is 0. The molecule has 0 fully saturated rings. The van der Waals surface area contributed by atoms with Crippen LogP contribution in [-0.2, 0) is 21.1 Å². The zero-order valence-corrected chi connectivity index (χ0v) is 7.42. The van der Waals surface area contributed by atoms with E-state index in [-0.39, 0.29) is 21.1 Å². The topological polar surface area (TPSA) is 23.8 Å². The van der Waals surface area contributed by atoms with Crippen LogP contribution in [0, 0.1) is 6.42 Å². The van der Waals surface area contributed by atoms with Crippen molar-refractivity contribution in [3.8, 4) is 0 Å². The monoisotopic (exact) mass is 257 g/mol. The molecule has 0 radical (unpaired) electrons. The van der Waals surface area contributed by atoms with Crippen LogP contribution in [-0.4, -0.2) is 7.05 Å². The van der Waals surface area contributed by atoms with Crippen LogP contribution in [0.4, 0.5) is 0 Å². The van der Waals surface area contributed by atoms with Crippen LogP contribution in [0.1, 0.15) is 13.8 Å². The van der Waals surface area contributed by atoms with Crippen LogP contribution >= 0.6 is 0 Å². The van der Waals surface area contributed by atoms with Gasteiger partial charge in [-0.1, -0.05) is 0 Å². The molecule has 0 atom stereocenters. The third-order valence-corrected chi connectivity index (χ3v) is 0. The van der Waals surface area contributed by atoms with Gasteiger partial charge in [0.25, 0.3) is 0 Å². The minimum Gasteiger partial charge on any atom is -0.680 e. The van der Waals surface area contributed by atoms with Gasteiger partial charge in [0.2, 0.25) is 0 Å². The first kappa shape index (κ1) is 15.9. The van der Waals surface area contributed by atoms with E-state index in [1.165, 1.54) is 7.05 Å². The third kappa shape index (κ3) is 147. The van der Waals surface area contributed by atoms with Gasteiger partial charge in [0.05, 0.1) is 0 Å². The Morgan fingerprint density at radius 3 is 1.17 bits per heavy atom. The van der Waals surface area contributed by atoms with Crippen LogP contribution in [0.5, 0.6) is 0 Å². The van der Waals surface area contributed by atoms with E-state index in [0.29, 0.717) is 0 Å². The second-order valence-corrected chi connectivity index (χ2v) is 0.577. The molecule has 38 valence electrons. The molecule has 0 rings (SSSR count). The predicted molar refractivity (Wildman–Crippen MR) is 25.9 cm³/mol. The standard InChI is InChI=1S/C3H7.CH4N.W/c1-3-2;1-2;/h3H,1-2H3;2H,1H3;/q2*-1;+2. The van der Waals surface area contributed by atoms with Gasteiger partial charge in [0, 0.05) is 0 Å². The Morgan fingerprint density at radius 2 is 1.17 bits per heavy atom. The maximum atomic E-state index is 5.75. The molecule has 2 heteroatoms. The Bertz CT molecular complexity index is 7.51. The Hall–Kier alpha value is 0.648. The zero-order chi connectivity index (χ0) is 4.71. The summed E-state index contributed by atoms with van der Waals surface area (Å²) in [4.78, 5) is 0. The molecule has 0 aliphatic heterocycles. The summed E-state index contributed by atoms with van der Waals surface area (Å²) in [5.74, 6) is 0. The van der Waals surface area contributed by atoms with Gasteiger partial charge < -0.3 is 12.2 Å². The molecule has 0 aromatic carbocycles. The van der Waals surface area contributed by atoms with Crippen LogP contribution in [0.2, 0.25) is 0 Å². The number of hydrogen-bond donors (Lipinski definition) is 0. The molecule has 0 aromatic rings.